The molecule has 0 radical (unpaired) electrons. The number of rotatable bonds is 4. The van der Waals surface area contributed by atoms with Gasteiger partial charge in [-0.25, -0.2) is 0 Å². The van der Waals surface area contributed by atoms with Gasteiger partial charge in [0.25, 0.3) is 0 Å². The average molecular weight is 339 g/mol. The number of β-amino-alcohol motifs (C(OH)–C–C–N with tert-alkyl or cyclic N) is 1. The molecule has 2 aromatic rings. The molecule has 1 unspecified atom stereocenters. The highest BCUT2D eigenvalue weighted by atomic mass is 16.5. The van der Waals surface area contributed by atoms with Gasteiger partial charge in [0, 0.05) is 19.3 Å². The molecular formula is C19H21N3O3. The van der Waals surface area contributed by atoms with Crippen LogP contribution in [-0.2, 0) is 11.2 Å². The molecule has 2 N–H and O–H groups in total. The SMILES string of the molecule is COc1ccc(C2Nc3cc4c(cc3N2C)N(CCO)C(=O)C4)cc1. The summed E-state index contributed by atoms with van der Waals surface area (Å²) in [6, 6.07) is 12.1. The zero-order chi connectivity index (χ0) is 17.6. The van der Waals surface area contributed by atoms with Crippen LogP contribution >= 0.6 is 0 Å². The Morgan fingerprint density at radius 1 is 1.24 bits per heavy atom. The second kappa shape index (κ2) is 5.97. The van der Waals surface area contributed by atoms with E-state index < -0.39 is 0 Å². The Hall–Kier alpha value is -2.73. The van der Waals surface area contributed by atoms with Crippen LogP contribution in [0.15, 0.2) is 36.4 Å². The molecule has 6 nitrogen and oxygen atoms in total. The Balaban J connectivity index is 1.66. The van der Waals surface area contributed by atoms with E-state index in [1.807, 2.05) is 37.4 Å². The normalized spacial score (nSPS) is 18.2. The lowest BCUT2D eigenvalue weighted by Gasteiger charge is -2.23. The van der Waals surface area contributed by atoms with Gasteiger partial charge in [-0.15, -0.1) is 0 Å². The van der Waals surface area contributed by atoms with Crippen molar-refractivity contribution in [2.24, 2.45) is 0 Å². The summed E-state index contributed by atoms with van der Waals surface area (Å²) in [6.45, 7) is 0.300. The van der Waals surface area contributed by atoms with Gasteiger partial charge < -0.3 is 25.0 Å². The molecule has 0 fully saturated rings. The van der Waals surface area contributed by atoms with Crippen LogP contribution in [-0.4, -0.2) is 38.3 Å². The van der Waals surface area contributed by atoms with Gasteiger partial charge in [0.15, 0.2) is 0 Å². The summed E-state index contributed by atoms with van der Waals surface area (Å²) in [5.41, 5.74) is 5.14. The Morgan fingerprint density at radius 2 is 2.00 bits per heavy atom. The van der Waals surface area contributed by atoms with Crippen molar-refractivity contribution in [1.29, 1.82) is 0 Å². The number of carbonyl (C=O) groups is 1. The van der Waals surface area contributed by atoms with Gasteiger partial charge in [-0.05, 0) is 35.4 Å². The van der Waals surface area contributed by atoms with Gasteiger partial charge in [-0.1, -0.05) is 12.1 Å². The number of nitrogens with one attached hydrogen (secondary N) is 1. The molecule has 0 saturated heterocycles. The minimum Gasteiger partial charge on any atom is -0.497 e. The van der Waals surface area contributed by atoms with Crippen LogP contribution in [0.4, 0.5) is 17.1 Å². The summed E-state index contributed by atoms with van der Waals surface area (Å²) in [4.78, 5) is 16.0. The number of fused-ring (bicyclic) bond motifs is 2. The van der Waals surface area contributed by atoms with Crippen LogP contribution in [0.2, 0.25) is 0 Å². The summed E-state index contributed by atoms with van der Waals surface area (Å²) in [5.74, 6) is 0.876. The number of anilines is 3. The van der Waals surface area contributed by atoms with E-state index in [2.05, 4.69) is 16.3 Å². The van der Waals surface area contributed by atoms with E-state index in [1.54, 1.807) is 12.0 Å². The maximum Gasteiger partial charge on any atom is 0.231 e. The fourth-order valence-electron chi connectivity index (χ4n) is 3.64. The van der Waals surface area contributed by atoms with E-state index in [4.69, 9.17) is 4.74 Å². The molecule has 1 atom stereocenters. The minimum absolute atomic E-state index is 0.0328. The van der Waals surface area contributed by atoms with Crippen LogP contribution in [0.5, 0.6) is 5.75 Å². The number of hydrogen-bond donors (Lipinski definition) is 2. The third-order valence-electron chi connectivity index (χ3n) is 4.95. The Morgan fingerprint density at radius 3 is 2.68 bits per heavy atom. The fourth-order valence-corrected chi connectivity index (χ4v) is 3.64. The zero-order valence-electron chi connectivity index (χ0n) is 14.3. The van der Waals surface area contributed by atoms with E-state index in [0.29, 0.717) is 13.0 Å². The minimum atomic E-state index is -0.0369. The second-order valence-electron chi connectivity index (χ2n) is 6.37. The van der Waals surface area contributed by atoms with Crippen molar-refractivity contribution in [2.45, 2.75) is 12.6 Å². The topological polar surface area (TPSA) is 65.0 Å². The molecule has 0 spiro atoms. The number of nitrogens with zero attached hydrogens (tertiary/aromatic N) is 2. The number of benzene rings is 2. The molecule has 6 heteroatoms. The highest BCUT2D eigenvalue weighted by Gasteiger charge is 2.33. The second-order valence-corrected chi connectivity index (χ2v) is 6.37. The molecule has 130 valence electrons. The van der Waals surface area contributed by atoms with Crippen LogP contribution in [0.3, 0.4) is 0 Å². The molecule has 0 aromatic heterocycles. The zero-order valence-corrected chi connectivity index (χ0v) is 14.3. The fraction of sp³-hybridized carbons (Fsp3) is 0.316. The first-order chi connectivity index (χ1) is 12.1. The monoisotopic (exact) mass is 339 g/mol. The number of aliphatic hydroxyl groups excluding tert-OH is 1. The largest absolute Gasteiger partial charge is 0.497 e. The third kappa shape index (κ3) is 2.49. The van der Waals surface area contributed by atoms with Gasteiger partial charge in [-0.3, -0.25) is 4.79 Å². The van der Waals surface area contributed by atoms with Gasteiger partial charge in [-0.2, -0.15) is 0 Å². The number of amides is 1. The van der Waals surface area contributed by atoms with Crippen molar-refractivity contribution in [1.82, 2.24) is 0 Å². The standard InChI is InChI=1S/C19H21N3O3/c1-21-17-11-16-13(10-18(24)22(16)7-8-23)9-15(17)20-19(21)12-3-5-14(25-2)6-4-12/h3-6,9,11,19-20,23H,7-8,10H2,1-2H3. The number of methoxy groups -OCH3 is 1. The Kier molecular flexibility index (Phi) is 3.77. The van der Waals surface area contributed by atoms with Gasteiger partial charge in [0.1, 0.15) is 11.9 Å². The predicted molar refractivity (Wildman–Crippen MR) is 97.3 cm³/mol. The van der Waals surface area contributed by atoms with E-state index in [9.17, 15) is 9.90 Å². The average Bonchev–Trinajstić information content (AvgIpc) is 3.11. The highest BCUT2D eigenvalue weighted by molar-refractivity contribution is 6.03. The first-order valence-electron chi connectivity index (χ1n) is 8.34. The van der Waals surface area contributed by atoms with E-state index in [-0.39, 0.29) is 18.7 Å². The van der Waals surface area contributed by atoms with Crippen molar-refractivity contribution in [2.75, 3.05) is 42.4 Å². The van der Waals surface area contributed by atoms with Crippen molar-refractivity contribution >= 4 is 23.0 Å². The van der Waals surface area contributed by atoms with E-state index in [0.717, 1.165) is 33.9 Å². The van der Waals surface area contributed by atoms with Crippen LogP contribution in [0.1, 0.15) is 17.3 Å². The Bertz CT molecular complexity index is 819. The maximum atomic E-state index is 12.1. The van der Waals surface area contributed by atoms with Crippen molar-refractivity contribution in [3.05, 3.63) is 47.5 Å². The lowest BCUT2D eigenvalue weighted by Crippen LogP contribution is -2.29. The third-order valence-corrected chi connectivity index (χ3v) is 4.95. The molecule has 25 heavy (non-hydrogen) atoms. The summed E-state index contributed by atoms with van der Waals surface area (Å²) >= 11 is 0. The molecule has 2 aliphatic heterocycles. The lowest BCUT2D eigenvalue weighted by molar-refractivity contribution is -0.117. The first-order valence-corrected chi connectivity index (χ1v) is 8.34. The number of carbonyl (C=O) groups excluding carboxylic acids is 1. The van der Waals surface area contributed by atoms with Gasteiger partial charge >= 0.3 is 0 Å². The van der Waals surface area contributed by atoms with Crippen molar-refractivity contribution in [3.63, 3.8) is 0 Å². The molecule has 2 aromatic carbocycles. The summed E-state index contributed by atoms with van der Waals surface area (Å²) in [7, 11) is 3.69. The maximum absolute atomic E-state index is 12.1. The smallest absolute Gasteiger partial charge is 0.231 e. The first kappa shape index (κ1) is 15.8. The Labute approximate surface area is 146 Å². The summed E-state index contributed by atoms with van der Waals surface area (Å²) in [5, 5.41) is 12.8. The van der Waals surface area contributed by atoms with Crippen LogP contribution in [0, 0.1) is 0 Å². The van der Waals surface area contributed by atoms with Crippen molar-refractivity contribution < 1.29 is 14.6 Å². The molecule has 0 aliphatic carbocycles. The molecule has 0 bridgehead atoms. The number of aliphatic hydroxyl groups is 1. The van der Waals surface area contributed by atoms with Crippen molar-refractivity contribution in [3.8, 4) is 5.75 Å². The van der Waals surface area contributed by atoms with Gasteiger partial charge in [0.2, 0.25) is 5.91 Å². The molecule has 2 aliphatic rings. The lowest BCUT2D eigenvalue weighted by atomic mass is 10.1. The van der Waals surface area contributed by atoms with E-state index >= 15 is 0 Å². The molecule has 0 saturated carbocycles. The quantitative estimate of drug-likeness (QED) is 0.893. The predicted octanol–water partition coefficient (Wildman–Crippen LogP) is 2.14. The molecule has 1 amide bonds. The van der Waals surface area contributed by atoms with Crippen LogP contribution in [0.25, 0.3) is 0 Å². The molecular weight excluding hydrogens is 318 g/mol. The number of ether oxygens (including phenoxy) is 1. The highest BCUT2D eigenvalue weighted by Crippen LogP contribution is 2.45. The van der Waals surface area contributed by atoms with Crippen LogP contribution < -0.4 is 19.9 Å². The molecule has 4 rings (SSSR count). The van der Waals surface area contributed by atoms with E-state index in [1.165, 1.54) is 0 Å². The van der Waals surface area contributed by atoms with Gasteiger partial charge in [0.05, 0.1) is 31.5 Å². The summed E-state index contributed by atoms with van der Waals surface area (Å²) < 4.78 is 5.23. The summed E-state index contributed by atoms with van der Waals surface area (Å²) in [6.07, 6.45) is 0.423. The molecule has 2 heterocycles. The number of hydrogen-bond acceptors (Lipinski definition) is 5.